The van der Waals surface area contributed by atoms with Crippen LogP contribution in [0, 0.1) is 0 Å². The largest absolute Gasteiger partial charge is 0.507 e. The maximum atomic E-state index is 12.4. The van der Waals surface area contributed by atoms with Crippen molar-refractivity contribution in [2.45, 2.75) is 6.92 Å². The first-order valence-electron chi connectivity index (χ1n) is 5.83. The summed E-state index contributed by atoms with van der Waals surface area (Å²) in [7, 11) is 0. The van der Waals surface area contributed by atoms with Crippen molar-refractivity contribution in [2.24, 2.45) is 0 Å². The first-order valence-corrected chi connectivity index (χ1v) is 6.21. The van der Waals surface area contributed by atoms with E-state index in [9.17, 15) is 19.5 Å². The first kappa shape index (κ1) is 13.4. The molecule has 1 N–H and O–H groups in total. The minimum atomic E-state index is -0.654. The summed E-state index contributed by atoms with van der Waals surface area (Å²) in [6, 6.07) is 3.67. The van der Waals surface area contributed by atoms with Gasteiger partial charge in [0.15, 0.2) is 5.76 Å². The standard InChI is InChI=1S/C14H7ClO6/c1-5(16)20-9-4-6-12(18)11-8(17)3-2-7(15)10(11)13(19)14(6)21-9/h2-4,17H,1H3. The van der Waals surface area contributed by atoms with Crippen molar-refractivity contribution >= 4 is 29.1 Å². The second-order valence-electron chi connectivity index (χ2n) is 4.38. The van der Waals surface area contributed by atoms with Crippen molar-refractivity contribution in [3.05, 3.63) is 45.7 Å². The van der Waals surface area contributed by atoms with Gasteiger partial charge in [-0.3, -0.25) is 14.4 Å². The zero-order valence-corrected chi connectivity index (χ0v) is 11.4. The molecular weight excluding hydrogens is 300 g/mol. The summed E-state index contributed by atoms with van der Waals surface area (Å²) in [6.45, 7) is 1.16. The number of rotatable bonds is 1. The monoisotopic (exact) mass is 306 g/mol. The zero-order chi connectivity index (χ0) is 15.3. The lowest BCUT2D eigenvalue weighted by atomic mass is 9.88. The fourth-order valence-corrected chi connectivity index (χ4v) is 2.41. The van der Waals surface area contributed by atoms with E-state index >= 15 is 0 Å². The lowest BCUT2D eigenvalue weighted by Gasteiger charge is -2.15. The Labute approximate surface area is 122 Å². The van der Waals surface area contributed by atoms with Crippen LogP contribution in [0.1, 0.15) is 39.0 Å². The number of ketones is 2. The van der Waals surface area contributed by atoms with Gasteiger partial charge in [-0.1, -0.05) is 11.6 Å². The Morgan fingerprint density at radius 1 is 1.24 bits per heavy atom. The lowest BCUT2D eigenvalue weighted by Crippen LogP contribution is -2.19. The highest BCUT2D eigenvalue weighted by Crippen LogP contribution is 2.39. The number of hydrogen-bond acceptors (Lipinski definition) is 6. The second-order valence-corrected chi connectivity index (χ2v) is 4.78. The van der Waals surface area contributed by atoms with Crippen molar-refractivity contribution in [2.75, 3.05) is 0 Å². The second kappa shape index (κ2) is 4.46. The van der Waals surface area contributed by atoms with Gasteiger partial charge in [0.2, 0.25) is 11.6 Å². The molecule has 21 heavy (non-hydrogen) atoms. The van der Waals surface area contributed by atoms with E-state index in [4.69, 9.17) is 20.8 Å². The number of hydrogen-bond donors (Lipinski definition) is 1. The van der Waals surface area contributed by atoms with Crippen LogP contribution in [0.25, 0.3) is 0 Å². The molecule has 0 amide bonds. The van der Waals surface area contributed by atoms with Crippen LogP contribution in [0.5, 0.6) is 11.7 Å². The quantitative estimate of drug-likeness (QED) is 0.693. The Kier molecular flexibility index (Phi) is 2.84. The normalized spacial score (nSPS) is 12.9. The summed E-state index contributed by atoms with van der Waals surface area (Å²) in [5.74, 6) is -2.82. The van der Waals surface area contributed by atoms with E-state index in [1.54, 1.807) is 0 Å². The number of halogens is 1. The van der Waals surface area contributed by atoms with E-state index in [-0.39, 0.29) is 39.2 Å². The van der Waals surface area contributed by atoms with Gasteiger partial charge in [-0.2, -0.15) is 0 Å². The topological polar surface area (TPSA) is 93.8 Å². The fraction of sp³-hybridized carbons (Fsp3) is 0.0714. The predicted octanol–water partition coefficient (Wildman–Crippen LogP) is 2.34. The molecular formula is C14H7ClO6. The van der Waals surface area contributed by atoms with Gasteiger partial charge in [0.25, 0.3) is 5.95 Å². The molecule has 1 aliphatic carbocycles. The van der Waals surface area contributed by atoms with Gasteiger partial charge >= 0.3 is 5.97 Å². The van der Waals surface area contributed by atoms with E-state index in [2.05, 4.69) is 0 Å². The summed E-state index contributed by atoms with van der Waals surface area (Å²) >= 11 is 5.92. The third-order valence-corrected chi connectivity index (χ3v) is 3.31. The minimum absolute atomic E-state index is 0.0252. The molecule has 0 spiro atoms. The molecule has 0 bridgehead atoms. The molecule has 0 saturated carbocycles. The van der Waals surface area contributed by atoms with Gasteiger partial charge in [0.1, 0.15) is 5.75 Å². The number of benzene rings is 1. The Morgan fingerprint density at radius 3 is 2.62 bits per heavy atom. The van der Waals surface area contributed by atoms with E-state index in [0.717, 1.165) is 13.0 Å². The number of phenolic OH excluding ortho intramolecular Hbond substituents is 1. The molecule has 0 unspecified atom stereocenters. The molecule has 0 fully saturated rings. The Balaban J connectivity index is 2.22. The molecule has 1 aromatic carbocycles. The van der Waals surface area contributed by atoms with Crippen LogP contribution in [-0.4, -0.2) is 22.6 Å². The SMILES string of the molecule is CC(=O)Oc1cc2c(o1)C(=O)c1c(Cl)ccc(O)c1C2=O. The molecule has 1 heterocycles. The Morgan fingerprint density at radius 2 is 1.95 bits per heavy atom. The third-order valence-electron chi connectivity index (χ3n) is 2.99. The molecule has 2 aromatic rings. The molecule has 0 aliphatic heterocycles. The third kappa shape index (κ3) is 1.92. The predicted molar refractivity (Wildman–Crippen MR) is 70.0 cm³/mol. The van der Waals surface area contributed by atoms with Crippen molar-refractivity contribution in [1.82, 2.24) is 0 Å². The smallest absolute Gasteiger partial charge is 0.310 e. The molecule has 7 heteroatoms. The number of esters is 1. The zero-order valence-electron chi connectivity index (χ0n) is 10.6. The maximum Gasteiger partial charge on any atom is 0.310 e. The van der Waals surface area contributed by atoms with Gasteiger partial charge < -0.3 is 14.3 Å². The highest BCUT2D eigenvalue weighted by atomic mass is 35.5. The summed E-state index contributed by atoms with van der Waals surface area (Å²) in [6.07, 6.45) is 0. The van der Waals surface area contributed by atoms with Gasteiger partial charge in [-0.05, 0) is 12.1 Å². The lowest BCUT2D eigenvalue weighted by molar-refractivity contribution is -0.133. The first-order chi connectivity index (χ1) is 9.90. The summed E-state index contributed by atoms with van der Waals surface area (Å²) in [5.41, 5.74) is -0.394. The number of aromatic hydroxyl groups is 1. The Hall–Kier alpha value is -2.60. The Bertz CT molecular complexity index is 759. The van der Waals surface area contributed by atoms with Gasteiger partial charge in [-0.15, -0.1) is 0 Å². The van der Waals surface area contributed by atoms with Gasteiger partial charge in [0.05, 0.1) is 21.7 Å². The molecule has 1 aromatic heterocycles. The number of carbonyl (C=O) groups is 3. The number of fused-ring (bicyclic) bond motifs is 2. The highest BCUT2D eigenvalue weighted by Gasteiger charge is 2.37. The summed E-state index contributed by atoms with van der Waals surface area (Å²) < 4.78 is 9.82. The maximum absolute atomic E-state index is 12.4. The fourth-order valence-electron chi connectivity index (χ4n) is 2.16. The van der Waals surface area contributed by atoms with Crippen molar-refractivity contribution in [3.63, 3.8) is 0 Å². The van der Waals surface area contributed by atoms with Crippen molar-refractivity contribution < 1.29 is 28.6 Å². The van der Waals surface area contributed by atoms with Crippen LogP contribution in [0.4, 0.5) is 0 Å². The molecule has 0 saturated heterocycles. The van der Waals surface area contributed by atoms with Gasteiger partial charge in [0, 0.05) is 13.0 Å². The number of phenols is 1. The number of furan rings is 1. The molecule has 0 atom stereocenters. The molecule has 106 valence electrons. The van der Waals surface area contributed by atoms with Gasteiger partial charge in [-0.25, -0.2) is 0 Å². The van der Waals surface area contributed by atoms with Crippen LogP contribution in [0.3, 0.4) is 0 Å². The van der Waals surface area contributed by atoms with Crippen LogP contribution >= 0.6 is 11.6 Å². The minimum Gasteiger partial charge on any atom is -0.507 e. The highest BCUT2D eigenvalue weighted by molar-refractivity contribution is 6.39. The van der Waals surface area contributed by atoms with Crippen LogP contribution in [0.2, 0.25) is 5.02 Å². The molecule has 1 aliphatic rings. The van der Waals surface area contributed by atoms with Crippen LogP contribution < -0.4 is 4.74 Å². The molecule has 0 radical (unpaired) electrons. The van der Waals surface area contributed by atoms with Crippen LogP contribution in [0.15, 0.2) is 22.6 Å². The molecule has 3 rings (SSSR count). The number of carbonyl (C=O) groups excluding carboxylic acids is 3. The van der Waals surface area contributed by atoms with Crippen LogP contribution in [-0.2, 0) is 4.79 Å². The van der Waals surface area contributed by atoms with E-state index < -0.39 is 17.5 Å². The average Bonchev–Trinajstić information content (AvgIpc) is 2.82. The van der Waals surface area contributed by atoms with E-state index in [1.165, 1.54) is 12.1 Å². The number of ether oxygens (including phenoxy) is 1. The average molecular weight is 307 g/mol. The van der Waals surface area contributed by atoms with E-state index in [0.29, 0.717) is 0 Å². The summed E-state index contributed by atoms with van der Waals surface area (Å²) in [4.78, 5) is 35.6. The molecule has 6 nitrogen and oxygen atoms in total. The van der Waals surface area contributed by atoms with Crippen molar-refractivity contribution in [3.8, 4) is 11.7 Å². The van der Waals surface area contributed by atoms with E-state index in [1.807, 2.05) is 0 Å². The van der Waals surface area contributed by atoms with Crippen molar-refractivity contribution in [1.29, 1.82) is 0 Å². The summed E-state index contributed by atoms with van der Waals surface area (Å²) in [5, 5.41) is 9.82.